The van der Waals surface area contributed by atoms with Crippen LogP contribution in [0.3, 0.4) is 0 Å². The van der Waals surface area contributed by atoms with Crippen LogP contribution in [-0.2, 0) is 16.1 Å². The molecule has 0 aliphatic rings. The molecule has 4 rings (SSSR count). The van der Waals surface area contributed by atoms with E-state index >= 15 is 0 Å². The fourth-order valence-electron chi connectivity index (χ4n) is 3.16. The van der Waals surface area contributed by atoms with E-state index in [2.05, 4.69) is 4.98 Å². The molecule has 0 saturated carbocycles. The van der Waals surface area contributed by atoms with Gasteiger partial charge in [-0.3, -0.25) is 9.20 Å². The van der Waals surface area contributed by atoms with Crippen LogP contribution in [0.5, 0.6) is 5.75 Å². The molecular weight excluding hydrogens is 380 g/mol. The number of ether oxygens (including phenoxy) is 2. The highest BCUT2D eigenvalue weighted by molar-refractivity contribution is 5.90. The van der Waals surface area contributed by atoms with Gasteiger partial charge in [0.25, 0.3) is 5.56 Å². The summed E-state index contributed by atoms with van der Waals surface area (Å²) >= 11 is 0. The minimum absolute atomic E-state index is 0.0691. The second-order valence-electron chi connectivity index (χ2n) is 6.93. The molecule has 0 atom stereocenters. The number of carbonyl (C=O) groups excluding carboxylic acids is 1. The molecule has 6 nitrogen and oxygen atoms in total. The van der Waals surface area contributed by atoms with Crippen molar-refractivity contribution in [1.29, 1.82) is 0 Å². The molecule has 0 aliphatic heterocycles. The number of rotatable bonds is 5. The number of methoxy groups -OCH3 is 1. The Labute approximate surface area is 173 Å². The average molecular weight is 400 g/mol. The summed E-state index contributed by atoms with van der Waals surface area (Å²) in [5.74, 6) is 0.294. The summed E-state index contributed by atoms with van der Waals surface area (Å²) in [6, 6.07) is 16.7. The Balaban J connectivity index is 1.44. The van der Waals surface area contributed by atoms with E-state index in [1.807, 2.05) is 49.4 Å². The largest absolute Gasteiger partial charge is 0.497 e. The molecular formula is C24H20N2O4. The summed E-state index contributed by atoms with van der Waals surface area (Å²) in [5.41, 5.74) is 2.55. The van der Waals surface area contributed by atoms with Crippen molar-refractivity contribution in [2.75, 3.05) is 7.11 Å². The molecule has 2 heterocycles. The average Bonchev–Trinajstić information content (AvgIpc) is 2.76. The van der Waals surface area contributed by atoms with Gasteiger partial charge in [0.05, 0.1) is 12.8 Å². The quantitative estimate of drug-likeness (QED) is 0.375. The Hall–Kier alpha value is -3.93. The molecule has 0 fully saturated rings. The summed E-state index contributed by atoms with van der Waals surface area (Å²) in [5, 5.41) is 2.10. The first kappa shape index (κ1) is 19.4. The van der Waals surface area contributed by atoms with Crippen molar-refractivity contribution in [3.8, 4) is 5.75 Å². The van der Waals surface area contributed by atoms with Crippen LogP contribution in [0.4, 0.5) is 0 Å². The lowest BCUT2D eigenvalue weighted by Crippen LogP contribution is -2.16. The Kier molecular flexibility index (Phi) is 5.30. The van der Waals surface area contributed by atoms with Crippen LogP contribution in [0.2, 0.25) is 0 Å². The third-order valence-electron chi connectivity index (χ3n) is 4.71. The number of esters is 1. The van der Waals surface area contributed by atoms with Gasteiger partial charge in [-0.1, -0.05) is 24.3 Å². The van der Waals surface area contributed by atoms with Crippen molar-refractivity contribution < 1.29 is 14.3 Å². The molecule has 0 saturated heterocycles. The second kappa shape index (κ2) is 8.21. The zero-order valence-corrected chi connectivity index (χ0v) is 16.7. The molecule has 0 aliphatic carbocycles. The van der Waals surface area contributed by atoms with Gasteiger partial charge in [0, 0.05) is 18.3 Å². The monoisotopic (exact) mass is 400 g/mol. The SMILES string of the molecule is COc1ccc2cc(/C=C/C(=O)OCc3cc(=O)n4cc(C)ccc4n3)ccc2c1. The molecule has 0 spiro atoms. The summed E-state index contributed by atoms with van der Waals surface area (Å²) < 4.78 is 11.9. The zero-order chi connectivity index (χ0) is 21.1. The Bertz CT molecular complexity index is 1340. The summed E-state index contributed by atoms with van der Waals surface area (Å²) in [6.45, 7) is 1.83. The lowest BCUT2D eigenvalue weighted by molar-refractivity contribution is -0.139. The van der Waals surface area contributed by atoms with Gasteiger partial charge in [0.2, 0.25) is 0 Å². The fraction of sp³-hybridized carbons (Fsp3) is 0.125. The topological polar surface area (TPSA) is 69.9 Å². The third-order valence-corrected chi connectivity index (χ3v) is 4.71. The minimum Gasteiger partial charge on any atom is -0.497 e. The summed E-state index contributed by atoms with van der Waals surface area (Å²) in [6.07, 6.45) is 4.78. The van der Waals surface area contributed by atoms with Gasteiger partial charge in [0.1, 0.15) is 18.0 Å². The van der Waals surface area contributed by atoms with Crippen LogP contribution in [-0.4, -0.2) is 22.5 Å². The van der Waals surface area contributed by atoms with Crippen LogP contribution in [0, 0.1) is 6.92 Å². The predicted octanol–water partition coefficient (Wildman–Crippen LogP) is 3.92. The molecule has 30 heavy (non-hydrogen) atoms. The highest BCUT2D eigenvalue weighted by Crippen LogP contribution is 2.22. The fourth-order valence-corrected chi connectivity index (χ4v) is 3.16. The van der Waals surface area contributed by atoms with E-state index in [4.69, 9.17) is 9.47 Å². The van der Waals surface area contributed by atoms with E-state index in [9.17, 15) is 9.59 Å². The van der Waals surface area contributed by atoms with Gasteiger partial charge in [-0.2, -0.15) is 0 Å². The number of hydrogen-bond donors (Lipinski definition) is 0. The number of fused-ring (bicyclic) bond motifs is 2. The van der Waals surface area contributed by atoms with Crippen molar-refractivity contribution in [1.82, 2.24) is 9.38 Å². The number of hydrogen-bond acceptors (Lipinski definition) is 5. The van der Waals surface area contributed by atoms with Gasteiger partial charge in [-0.25, -0.2) is 9.78 Å². The van der Waals surface area contributed by atoms with E-state index in [0.29, 0.717) is 11.3 Å². The van der Waals surface area contributed by atoms with Gasteiger partial charge in [0.15, 0.2) is 0 Å². The number of aromatic nitrogens is 2. The standard InChI is InChI=1S/C24H20N2O4/c1-16-3-9-22-25-20(13-23(27)26(22)14-16)15-30-24(28)10-5-17-4-6-19-12-21(29-2)8-7-18(19)11-17/h3-14H,15H2,1-2H3/b10-5+. The maximum Gasteiger partial charge on any atom is 0.331 e. The lowest BCUT2D eigenvalue weighted by atomic mass is 10.1. The van der Waals surface area contributed by atoms with E-state index < -0.39 is 5.97 Å². The van der Waals surface area contributed by atoms with Gasteiger partial charge >= 0.3 is 5.97 Å². The van der Waals surface area contributed by atoms with Crippen LogP contribution >= 0.6 is 0 Å². The first-order chi connectivity index (χ1) is 14.5. The highest BCUT2D eigenvalue weighted by atomic mass is 16.5. The van der Waals surface area contributed by atoms with Crippen molar-refractivity contribution in [2.24, 2.45) is 0 Å². The Morgan fingerprint density at radius 3 is 2.70 bits per heavy atom. The number of aryl methyl sites for hydroxylation is 1. The van der Waals surface area contributed by atoms with E-state index in [1.165, 1.54) is 16.5 Å². The normalized spacial score (nSPS) is 11.3. The summed E-state index contributed by atoms with van der Waals surface area (Å²) in [7, 11) is 1.63. The highest BCUT2D eigenvalue weighted by Gasteiger charge is 2.05. The molecule has 0 radical (unpaired) electrons. The van der Waals surface area contributed by atoms with Crippen LogP contribution in [0.1, 0.15) is 16.8 Å². The third kappa shape index (κ3) is 4.22. The molecule has 0 amide bonds. The molecule has 2 aromatic heterocycles. The van der Waals surface area contributed by atoms with Gasteiger partial charge in [-0.05, 0) is 59.2 Å². The maximum atomic E-state index is 12.2. The van der Waals surface area contributed by atoms with Gasteiger partial charge in [-0.15, -0.1) is 0 Å². The molecule has 0 bridgehead atoms. The van der Waals surface area contributed by atoms with E-state index in [-0.39, 0.29) is 12.2 Å². The predicted molar refractivity (Wildman–Crippen MR) is 116 cm³/mol. The molecule has 6 heteroatoms. The van der Waals surface area contributed by atoms with E-state index in [1.54, 1.807) is 25.4 Å². The molecule has 0 N–H and O–H groups in total. The Morgan fingerprint density at radius 2 is 1.87 bits per heavy atom. The second-order valence-corrected chi connectivity index (χ2v) is 6.93. The zero-order valence-electron chi connectivity index (χ0n) is 16.7. The first-order valence-electron chi connectivity index (χ1n) is 9.43. The van der Waals surface area contributed by atoms with Crippen molar-refractivity contribution >= 4 is 28.5 Å². The van der Waals surface area contributed by atoms with Crippen LogP contribution in [0.25, 0.3) is 22.5 Å². The molecule has 4 aromatic rings. The van der Waals surface area contributed by atoms with Crippen molar-refractivity contribution in [3.05, 3.63) is 94.0 Å². The van der Waals surface area contributed by atoms with Crippen LogP contribution in [0.15, 0.2) is 71.7 Å². The van der Waals surface area contributed by atoms with Crippen molar-refractivity contribution in [3.63, 3.8) is 0 Å². The molecule has 0 unspecified atom stereocenters. The van der Waals surface area contributed by atoms with Gasteiger partial charge < -0.3 is 9.47 Å². The van der Waals surface area contributed by atoms with Crippen LogP contribution < -0.4 is 10.3 Å². The maximum absolute atomic E-state index is 12.2. The smallest absolute Gasteiger partial charge is 0.331 e. The number of benzene rings is 2. The van der Waals surface area contributed by atoms with Crippen molar-refractivity contribution in [2.45, 2.75) is 13.5 Å². The molecule has 2 aromatic carbocycles. The number of carbonyl (C=O) groups is 1. The molecule has 150 valence electrons. The Morgan fingerprint density at radius 1 is 1.07 bits per heavy atom. The minimum atomic E-state index is -0.504. The number of nitrogens with zero attached hydrogens (tertiary/aromatic N) is 2. The first-order valence-corrected chi connectivity index (χ1v) is 9.43. The number of pyridine rings is 1. The summed E-state index contributed by atoms with van der Waals surface area (Å²) in [4.78, 5) is 28.7. The lowest BCUT2D eigenvalue weighted by Gasteiger charge is -2.05. The van der Waals surface area contributed by atoms with E-state index in [0.717, 1.165) is 27.6 Å².